The summed E-state index contributed by atoms with van der Waals surface area (Å²) in [7, 11) is 0. The Labute approximate surface area is 217 Å². The van der Waals surface area contributed by atoms with Crippen LogP contribution in [0.1, 0.15) is 89.3 Å². The van der Waals surface area contributed by atoms with Gasteiger partial charge in [-0.3, -0.25) is 9.69 Å². The number of fused-ring (bicyclic) bond motifs is 5. The molecule has 2 aliphatic carbocycles. The van der Waals surface area contributed by atoms with E-state index in [1.54, 1.807) is 6.92 Å². The van der Waals surface area contributed by atoms with Crippen LogP contribution < -0.4 is 5.56 Å². The Morgan fingerprint density at radius 1 is 0.973 bits per heavy atom. The molecule has 6 rings (SSSR count). The summed E-state index contributed by atoms with van der Waals surface area (Å²) in [6, 6.07) is 9.69. The highest BCUT2D eigenvalue weighted by Crippen LogP contribution is 2.47. The first-order valence-electron chi connectivity index (χ1n) is 14.2. The van der Waals surface area contributed by atoms with Crippen LogP contribution >= 0.6 is 0 Å². The van der Waals surface area contributed by atoms with Crippen molar-refractivity contribution in [3.05, 3.63) is 40.3 Å². The number of carboxylic acid groups (broad SMARTS) is 1. The maximum absolute atomic E-state index is 13.9. The summed E-state index contributed by atoms with van der Waals surface area (Å²) in [6.45, 7) is 1.10. The van der Waals surface area contributed by atoms with Crippen LogP contribution in [0.5, 0.6) is 0 Å². The van der Waals surface area contributed by atoms with Crippen molar-refractivity contribution in [2.75, 3.05) is 6.61 Å². The van der Waals surface area contributed by atoms with Gasteiger partial charge in [0.25, 0.3) is 5.56 Å². The van der Waals surface area contributed by atoms with Crippen LogP contribution in [0.4, 0.5) is 0 Å². The fraction of sp³-hybridized carbons (Fsp3) is 0.655. The summed E-state index contributed by atoms with van der Waals surface area (Å²) in [6.07, 6.45) is 14.1. The van der Waals surface area contributed by atoms with Gasteiger partial charge in [-0.05, 0) is 75.8 Å². The van der Waals surface area contributed by atoms with Gasteiger partial charge in [-0.1, -0.05) is 43.0 Å². The van der Waals surface area contributed by atoms with E-state index in [4.69, 9.17) is 9.94 Å². The van der Waals surface area contributed by atoms with E-state index in [-0.39, 0.29) is 17.3 Å². The third-order valence-corrected chi connectivity index (χ3v) is 9.42. The van der Waals surface area contributed by atoms with Gasteiger partial charge in [0, 0.05) is 24.2 Å². The molecule has 2 aliphatic heterocycles. The van der Waals surface area contributed by atoms with E-state index in [1.807, 2.05) is 28.8 Å². The van der Waals surface area contributed by atoms with Crippen molar-refractivity contribution in [2.45, 2.75) is 102 Å². The summed E-state index contributed by atoms with van der Waals surface area (Å²) in [5.41, 5.74) is 1.98. The Kier molecular flexibility index (Phi) is 6.78. The largest absolute Gasteiger partial charge is 0.479 e. The van der Waals surface area contributed by atoms with Gasteiger partial charge in [0.2, 0.25) is 6.61 Å². The van der Waals surface area contributed by atoms with Gasteiger partial charge in [-0.15, -0.1) is 0 Å². The lowest BCUT2D eigenvalue weighted by molar-refractivity contribution is -0.142. The molecule has 0 amide bonds. The van der Waals surface area contributed by atoms with E-state index >= 15 is 0 Å². The highest BCUT2D eigenvalue weighted by atomic mass is 16.6. The topological polar surface area (TPSA) is 97.0 Å². The zero-order valence-electron chi connectivity index (χ0n) is 21.7. The number of carbonyl (C=O) groups is 1. The third kappa shape index (κ3) is 4.80. The Balaban J connectivity index is 1.32. The van der Waals surface area contributed by atoms with Gasteiger partial charge in [-0.2, -0.15) is 0 Å². The second kappa shape index (κ2) is 10.2. The second-order valence-corrected chi connectivity index (χ2v) is 11.8. The monoisotopic (exact) mass is 506 g/mol. The molecule has 37 heavy (non-hydrogen) atoms. The van der Waals surface area contributed by atoms with Gasteiger partial charge < -0.3 is 14.5 Å². The molecule has 1 aromatic carbocycles. The molecular formula is C29H38N4O4. The average Bonchev–Trinajstić information content (AvgIpc) is 2.87. The summed E-state index contributed by atoms with van der Waals surface area (Å²) in [5, 5.41) is 12.8. The van der Waals surface area contributed by atoms with Crippen LogP contribution in [0.2, 0.25) is 0 Å². The number of aliphatic carboxylic acids is 1. The molecule has 2 saturated carbocycles. The first kappa shape index (κ1) is 24.6. The van der Waals surface area contributed by atoms with E-state index in [0.717, 1.165) is 35.7 Å². The number of hydrogen-bond donors (Lipinski definition) is 1. The third-order valence-electron chi connectivity index (χ3n) is 9.42. The number of para-hydroxylation sites is 2. The normalized spacial score (nSPS) is 32.3. The molecule has 8 heteroatoms. The van der Waals surface area contributed by atoms with Gasteiger partial charge >= 0.3 is 5.97 Å². The lowest BCUT2D eigenvalue weighted by atomic mass is 9.68. The molecule has 4 aliphatic rings. The van der Waals surface area contributed by atoms with Crippen LogP contribution in [0.15, 0.2) is 34.2 Å². The van der Waals surface area contributed by atoms with Crippen molar-refractivity contribution in [1.82, 2.24) is 14.5 Å². The van der Waals surface area contributed by atoms with Crippen molar-refractivity contribution in [1.29, 1.82) is 0 Å². The number of hydrogen-bond acceptors (Lipinski definition) is 6. The number of aromatic nitrogens is 2. The summed E-state index contributed by atoms with van der Waals surface area (Å²) in [5.74, 6) is 0.715. The van der Waals surface area contributed by atoms with Gasteiger partial charge in [0.15, 0.2) is 5.69 Å². The lowest BCUT2D eigenvalue weighted by Crippen LogP contribution is -2.58. The maximum atomic E-state index is 13.9. The minimum atomic E-state index is -1.11. The van der Waals surface area contributed by atoms with Gasteiger partial charge in [0.1, 0.15) is 5.71 Å². The fourth-order valence-electron chi connectivity index (χ4n) is 8.12. The number of rotatable bonds is 6. The average molecular weight is 507 g/mol. The molecule has 4 fully saturated rings. The molecule has 2 saturated heterocycles. The molecule has 0 unspecified atom stereocenters. The van der Waals surface area contributed by atoms with Crippen molar-refractivity contribution in [2.24, 2.45) is 17.0 Å². The highest BCUT2D eigenvalue weighted by molar-refractivity contribution is 5.97. The molecule has 6 atom stereocenters. The zero-order chi connectivity index (χ0) is 25.5. The van der Waals surface area contributed by atoms with Crippen LogP contribution in [0.3, 0.4) is 0 Å². The maximum Gasteiger partial charge on any atom is 0.344 e. The fourth-order valence-corrected chi connectivity index (χ4v) is 8.12. The van der Waals surface area contributed by atoms with E-state index in [9.17, 15) is 9.59 Å². The number of oxime groups is 1. The summed E-state index contributed by atoms with van der Waals surface area (Å²) in [4.78, 5) is 37.2. The van der Waals surface area contributed by atoms with Crippen molar-refractivity contribution >= 4 is 22.7 Å². The molecule has 1 aromatic heterocycles. The molecule has 0 radical (unpaired) electrons. The van der Waals surface area contributed by atoms with E-state index in [2.05, 4.69) is 15.0 Å². The number of piperidine rings is 2. The molecule has 4 bridgehead atoms. The Morgan fingerprint density at radius 2 is 1.65 bits per heavy atom. The lowest BCUT2D eigenvalue weighted by Gasteiger charge is -2.55. The number of nitrogens with zero attached hydrogens (tertiary/aromatic N) is 4. The van der Waals surface area contributed by atoms with E-state index in [0.29, 0.717) is 23.8 Å². The first-order chi connectivity index (χ1) is 18.0. The van der Waals surface area contributed by atoms with Gasteiger partial charge in [-0.25, -0.2) is 9.78 Å². The van der Waals surface area contributed by atoms with Crippen LogP contribution in [-0.4, -0.2) is 56.0 Å². The molecule has 0 spiro atoms. The second-order valence-electron chi connectivity index (χ2n) is 11.8. The Morgan fingerprint density at radius 3 is 2.35 bits per heavy atom. The first-order valence-corrected chi connectivity index (χ1v) is 14.2. The van der Waals surface area contributed by atoms with Gasteiger partial charge in [0.05, 0.1) is 11.0 Å². The molecule has 2 aromatic rings. The predicted molar refractivity (Wildman–Crippen MR) is 142 cm³/mol. The van der Waals surface area contributed by atoms with Crippen molar-refractivity contribution in [3.8, 4) is 0 Å². The molecular weight excluding hydrogens is 468 g/mol. The highest BCUT2D eigenvalue weighted by Gasteiger charge is 2.45. The minimum Gasteiger partial charge on any atom is -0.479 e. The van der Waals surface area contributed by atoms with Crippen LogP contribution in [0.25, 0.3) is 11.0 Å². The minimum absolute atomic E-state index is 0.113. The van der Waals surface area contributed by atoms with Crippen molar-refractivity contribution in [3.63, 3.8) is 0 Å². The Bertz CT molecular complexity index is 1230. The Hall–Kier alpha value is -2.74. The zero-order valence-corrected chi connectivity index (χ0v) is 21.7. The van der Waals surface area contributed by atoms with Crippen molar-refractivity contribution < 1.29 is 14.7 Å². The molecule has 198 valence electrons. The molecule has 8 nitrogen and oxygen atoms in total. The predicted octanol–water partition coefficient (Wildman–Crippen LogP) is 4.75. The molecule has 3 heterocycles. The summed E-state index contributed by atoms with van der Waals surface area (Å²) < 4.78 is 1.96. The van der Waals surface area contributed by atoms with E-state index in [1.165, 1.54) is 57.8 Å². The van der Waals surface area contributed by atoms with Crippen LogP contribution in [-0.2, 0) is 9.63 Å². The molecule has 1 N–H and O–H groups in total. The van der Waals surface area contributed by atoms with Crippen LogP contribution in [0, 0.1) is 11.8 Å². The SMILES string of the molecule is C/C(=N\OCC(=O)O)c1nc2ccccc2n([C@H]2C[C@H]3CCC[C@@H](C2)N3[C@H]2C[C@@H]3CCC[C@@H](C3)C2)c1=O. The summed E-state index contributed by atoms with van der Waals surface area (Å²) >= 11 is 0. The quantitative estimate of drug-likeness (QED) is 0.449. The smallest absolute Gasteiger partial charge is 0.344 e. The standard InChI is InChI=1S/C29H38N4O4/c1-18(31-37-17-27(34)35)28-29(36)33(26-11-3-2-10-25(26)30-28)24-15-21-8-5-9-22(16-24)32(21)23-13-19-6-4-7-20(12-19)14-23/h2-3,10-11,19-24H,4-9,12-17H2,1H3,(H,34,35)/b31-18+/t19-,20+,21-,22+,23+,24+. The van der Waals surface area contributed by atoms with E-state index < -0.39 is 12.6 Å². The number of carboxylic acids is 1. The number of benzene rings is 1.